The highest BCUT2D eigenvalue weighted by molar-refractivity contribution is 5.89. The molecule has 3 nitrogen and oxygen atoms in total. The highest BCUT2D eigenvalue weighted by Crippen LogP contribution is 2.13. The van der Waals surface area contributed by atoms with E-state index in [0.29, 0.717) is 5.75 Å². The van der Waals surface area contributed by atoms with Crippen molar-refractivity contribution in [3.8, 4) is 5.75 Å². The first kappa shape index (κ1) is 7.42. The Hall–Kier alpha value is -1.69. The highest BCUT2D eigenvalue weighted by atomic mass is 16.5. The van der Waals surface area contributed by atoms with Crippen LogP contribution in [-0.4, -0.2) is 18.2 Å². The van der Waals surface area contributed by atoms with Gasteiger partial charge in [-0.1, -0.05) is 12.1 Å². The molecule has 0 aliphatic heterocycles. The van der Waals surface area contributed by atoms with Crippen LogP contribution in [0.25, 0.3) is 0 Å². The van der Waals surface area contributed by atoms with Gasteiger partial charge in [0, 0.05) is 0 Å². The fraction of sp³-hybridized carbons (Fsp3) is 0.125. The van der Waals surface area contributed by atoms with Gasteiger partial charge >= 0.3 is 5.97 Å². The molecule has 0 aromatic heterocycles. The second-order valence-electron chi connectivity index (χ2n) is 1.85. The average molecular weight is 150 g/mol. The summed E-state index contributed by atoms with van der Waals surface area (Å²) >= 11 is 0. The van der Waals surface area contributed by atoms with Crippen molar-refractivity contribution in [2.75, 3.05) is 7.11 Å². The molecule has 0 radical (unpaired) electrons. The topological polar surface area (TPSA) is 46.5 Å². The molecule has 0 heterocycles. The molecule has 3 heteroatoms. The van der Waals surface area contributed by atoms with Crippen LogP contribution in [0.4, 0.5) is 0 Å². The van der Waals surface area contributed by atoms with Gasteiger partial charge in [-0.25, -0.2) is 4.79 Å². The quantitative estimate of drug-likeness (QED) is 0.683. The van der Waals surface area contributed by atoms with Gasteiger partial charge in [-0.2, -0.15) is 0 Å². The van der Waals surface area contributed by atoms with E-state index in [1.54, 1.807) is 6.07 Å². The van der Waals surface area contributed by atoms with Gasteiger partial charge in [-0.05, 0) is 12.1 Å². The SMILES string of the molecule is COc1ccc#cc1C(=O)O. The second kappa shape index (κ2) is 2.93. The number of ether oxygens (including phenoxy) is 1. The summed E-state index contributed by atoms with van der Waals surface area (Å²) in [5, 5.41) is 8.57. The molecule has 0 saturated heterocycles. The zero-order valence-electron chi connectivity index (χ0n) is 5.92. The van der Waals surface area contributed by atoms with Crippen molar-refractivity contribution in [3.63, 3.8) is 0 Å². The van der Waals surface area contributed by atoms with Crippen LogP contribution in [0.3, 0.4) is 0 Å². The normalized spacial score (nSPS) is 8.45. The Morgan fingerprint density at radius 3 is 2.91 bits per heavy atom. The van der Waals surface area contributed by atoms with Crippen molar-refractivity contribution in [2.45, 2.75) is 0 Å². The van der Waals surface area contributed by atoms with Crippen LogP contribution in [0.15, 0.2) is 12.1 Å². The lowest BCUT2D eigenvalue weighted by Crippen LogP contribution is -1.98. The molecule has 0 saturated carbocycles. The van der Waals surface area contributed by atoms with E-state index in [1.165, 1.54) is 13.2 Å². The Balaban J connectivity index is 3.12. The Bertz CT molecular complexity index is 268. The fourth-order valence-electron chi connectivity index (χ4n) is 0.705. The summed E-state index contributed by atoms with van der Waals surface area (Å²) in [5.74, 6) is -0.755. The molecule has 0 unspecified atom stereocenters. The Labute approximate surface area is 64.2 Å². The van der Waals surface area contributed by atoms with Crippen molar-refractivity contribution >= 4 is 5.97 Å². The smallest absolute Gasteiger partial charge is 0.348 e. The zero-order chi connectivity index (χ0) is 8.27. The molecule has 0 fully saturated rings. The molecule has 0 spiro atoms. The minimum atomic E-state index is -1.06. The molecule has 11 heavy (non-hydrogen) atoms. The van der Waals surface area contributed by atoms with Gasteiger partial charge in [0.25, 0.3) is 0 Å². The van der Waals surface area contributed by atoms with Gasteiger partial charge in [0.15, 0.2) is 5.56 Å². The average Bonchev–Trinajstić information content (AvgIpc) is 2.04. The van der Waals surface area contributed by atoms with E-state index in [0.717, 1.165) is 0 Å². The number of rotatable bonds is 2. The molecule has 0 amide bonds. The van der Waals surface area contributed by atoms with Crippen molar-refractivity contribution in [1.82, 2.24) is 0 Å². The third-order valence-corrected chi connectivity index (χ3v) is 1.20. The maximum absolute atomic E-state index is 10.4. The van der Waals surface area contributed by atoms with Gasteiger partial charge in [0.2, 0.25) is 0 Å². The molecular formula is C8H6O3. The van der Waals surface area contributed by atoms with E-state index >= 15 is 0 Å². The maximum atomic E-state index is 10.4. The first-order valence-electron chi connectivity index (χ1n) is 2.95. The first-order valence-corrected chi connectivity index (χ1v) is 2.95. The van der Waals surface area contributed by atoms with Gasteiger partial charge < -0.3 is 9.84 Å². The molecule has 0 bridgehead atoms. The van der Waals surface area contributed by atoms with Gasteiger partial charge in [-0.3, -0.25) is 0 Å². The molecule has 1 aromatic rings. The number of aromatic carboxylic acids is 1. The molecular weight excluding hydrogens is 144 g/mol. The van der Waals surface area contributed by atoms with Gasteiger partial charge in [-0.15, -0.1) is 0 Å². The molecule has 1 N–H and O–H groups in total. The largest absolute Gasteiger partial charge is 0.495 e. The van der Waals surface area contributed by atoms with E-state index < -0.39 is 5.97 Å². The summed E-state index contributed by atoms with van der Waals surface area (Å²) in [7, 11) is 1.41. The monoisotopic (exact) mass is 150 g/mol. The number of carboxylic acid groups (broad SMARTS) is 1. The molecule has 1 aromatic carbocycles. The maximum Gasteiger partial charge on any atom is 0.348 e. The number of methoxy groups -OCH3 is 1. The van der Waals surface area contributed by atoms with Gasteiger partial charge in [0.05, 0.1) is 7.11 Å². The number of carbonyl (C=O) groups is 1. The lowest BCUT2D eigenvalue weighted by Gasteiger charge is -1.98. The van der Waals surface area contributed by atoms with Crippen molar-refractivity contribution < 1.29 is 14.6 Å². The first-order chi connectivity index (χ1) is 5.25. The number of carboxylic acids is 1. The summed E-state index contributed by atoms with van der Waals surface area (Å²) < 4.78 is 4.77. The third-order valence-electron chi connectivity index (χ3n) is 1.20. The van der Waals surface area contributed by atoms with E-state index in [9.17, 15) is 4.79 Å². The predicted octanol–water partition coefficient (Wildman–Crippen LogP) is 0.994. The van der Waals surface area contributed by atoms with Crippen LogP contribution in [0.2, 0.25) is 0 Å². The summed E-state index contributed by atoms with van der Waals surface area (Å²) in [6.07, 6.45) is 0. The van der Waals surface area contributed by atoms with Crippen molar-refractivity contribution in [2.24, 2.45) is 0 Å². The van der Waals surface area contributed by atoms with E-state index in [1.807, 2.05) is 0 Å². The lowest BCUT2D eigenvalue weighted by atomic mass is 10.2. The zero-order valence-corrected chi connectivity index (χ0v) is 5.92. The van der Waals surface area contributed by atoms with Gasteiger partial charge in [0.1, 0.15) is 5.75 Å². The highest BCUT2D eigenvalue weighted by Gasteiger charge is 2.07. The van der Waals surface area contributed by atoms with Crippen LogP contribution in [0.1, 0.15) is 10.4 Å². The summed E-state index contributed by atoms with van der Waals surface area (Å²) in [4.78, 5) is 10.4. The lowest BCUT2D eigenvalue weighted by molar-refractivity contribution is 0.0693. The van der Waals surface area contributed by atoms with Crippen LogP contribution >= 0.6 is 0 Å². The molecule has 1 rings (SSSR count). The van der Waals surface area contributed by atoms with Crippen LogP contribution in [0.5, 0.6) is 5.75 Å². The minimum absolute atomic E-state index is 0.00926. The number of hydrogen-bond donors (Lipinski definition) is 1. The second-order valence-corrected chi connectivity index (χ2v) is 1.85. The standard InChI is InChI=1S/C8H6O3/c1-11-7-5-3-2-4-6(7)8(9)10/h3,5H,1H3,(H,9,10). The van der Waals surface area contributed by atoms with Crippen LogP contribution in [0, 0.1) is 12.1 Å². The summed E-state index contributed by atoms with van der Waals surface area (Å²) in [6, 6.07) is 8.04. The van der Waals surface area contributed by atoms with E-state index in [2.05, 4.69) is 12.1 Å². The minimum Gasteiger partial charge on any atom is -0.495 e. The van der Waals surface area contributed by atoms with Crippen LogP contribution < -0.4 is 4.74 Å². The Kier molecular flexibility index (Phi) is 1.98. The van der Waals surface area contributed by atoms with E-state index in [4.69, 9.17) is 9.84 Å². The fourth-order valence-corrected chi connectivity index (χ4v) is 0.705. The van der Waals surface area contributed by atoms with Crippen molar-refractivity contribution in [1.29, 1.82) is 0 Å². The molecule has 0 atom stereocenters. The van der Waals surface area contributed by atoms with E-state index in [-0.39, 0.29) is 5.56 Å². The summed E-state index contributed by atoms with van der Waals surface area (Å²) in [5.41, 5.74) is 0.00926. The Morgan fingerprint density at radius 1 is 1.73 bits per heavy atom. The Morgan fingerprint density at radius 2 is 2.45 bits per heavy atom. The number of hydrogen-bond acceptors (Lipinski definition) is 2. The predicted molar refractivity (Wildman–Crippen MR) is 37.6 cm³/mol. The molecule has 0 aliphatic carbocycles. The van der Waals surface area contributed by atoms with Crippen LogP contribution in [-0.2, 0) is 0 Å². The van der Waals surface area contributed by atoms with Crippen molar-refractivity contribution in [3.05, 3.63) is 29.8 Å². The third kappa shape index (κ3) is 1.41. The molecule has 0 aliphatic rings. The summed E-state index contributed by atoms with van der Waals surface area (Å²) in [6.45, 7) is 0. The molecule has 56 valence electrons.